The lowest BCUT2D eigenvalue weighted by Gasteiger charge is -2.32. The second kappa shape index (κ2) is 10.2. The summed E-state index contributed by atoms with van der Waals surface area (Å²) in [5, 5.41) is 12.4. The molecule has 2 aromatic heterocycles. The van der Waals surface area contributed by atoms with Crippen molar-refractivity contribution >= 4 is 17.4 Å². The second-order valence-corrected chi connectivity index (χ2v) is 9.36. The van der Waals surface area contributed by atoms with Gasteiger partial charge in [0.2, 0.25) is 0 Å². The third-order valence-corrected chi connectivity index (χ3v) is 7.02. The van der Waals surface area contributed by atoms with Crippen LogP contribution in [0.1, 0.15) is 30.9 Å². The van der Waals surface area contributed by atoms with Crippen molar-refractivity contribution in [3.63, 3.8) is 0 Å². The number of esters is 1. The molecule has 0 bridgehead atoms. The minimum atomic E-state index is -0.572. The van der Waals surface area contributed by atoms with Crippen molar-refractivity contribution in [1.82, 2.24) is 19.2 Å². The van der Waals surface area contributed by atoms with Crippen molar-refractivity contribution in [2.45, 2.75) is 19.8 Å². The largest absolute Gasteiger partial charge is 0.497 e. The number of rotatable bonds is 6. The first kappa shape index (κ1) is 25.1. The van der Waals surface area contributed by atoms with Crippen LogP contribution in [0.25, 0.3) is 22.7 Å². The molecule has 200 valence electrons. The fourth-order valence-electron chi connectivity index (χ4n) is 5.28. The molecule has 0 aliphatic carbocycles. The van der Waals surface area contributed by atoms with E-state index in [4.69, 9.17) is 9.47 Å². The number of allylic oxidation sites excluding steroid dienone is 1. The van der Waals surface area contributed by atoms with Gasteiger partial charge in [-0.25, -0.2) is 18.6 Å². The maximum absolute atomic E-state index is 14.3. The van der Waals surface area contributed by atoms with E-state index in [0.717, 1.165) is 5.56 Å². The van der Waals surface area contributed by atoms with Crippen molar-refractivity contribution < 1.29 is 14.3 Å². The Morgan fingerprint density at radius 3 is 2.40 bits per heavy atom. The Hall–Kier alpha value is -5.18. The Bertz CT molecular complexity index is 1820. The molecule has 3 aromatic carbocycles. The number of nitrogens with one attached hydrogen (secondary N) is 1. The van der Waals surface area contributed by atoms with Crippen LogP contribution in [0, 0.1) is 0 Å². The molecule has 0 saturated heterocycles. The summed E-state index contributed by atoms with van der Waals surface area (Å²) in [4.78, 5) is 27.8. The Labute approximate surface area is 230 Å². The number of hydrogen-bond acceptors (Lipinski definition) is 7. The van der Waals surface area contributed by atoms with E-state index < -0.39 is 11.9 Å². The van der Waals surface area contributed by atoms with E-state index in [2.05, 4.69) is 15.5 Å². The van der Waals surface area contributed by atoms with Crippen molar-refractivity contribution in [2.24, 2.45) is 0 Å². The number of methoxy groups -OCH3 is 1. The van der Waals surface area contributed by atoms with Crippen molar-refractivity contribution in [2.75, 3.05) is 19.0 Å². The number of ether oxygens (including phenoxy) is 2. The average Bonchev–Trinajstić information content (AvgIpc) is 3.43. The van der Waals surface area contributed by atoms with E-state index >= 15 is 0 Å². The lowest BCUT2D eigenvalue weighted by atomic mass is 9.82. The molecule has 1 aliphatic rings. The summed E-state index contributed by atoms with van der Waals surface area (Å²) in [7, 11) is 1.58. The summed E-state index contributed by atoms with van der Waals surface area (Å²) in [6.07, 6.45) is 0. The van der Waals surface area contributed by atoms with Crippen LogP contribution in [0.5, 0.6) is 5.75 Å². The molecule has 0 saturated carbocycles. The van der Waals surface area contributed by atoms with Gasteiger partial charge in [-0.1, -0.05) is 60.7 Å². The molecule has 40 heavy (non-hydrogen) atoms. The van der Waals surface area contributed by atoms with Crippen LogP contribution >= 0.6 is 0 Å². The summed E-state index contributed by atoms with van der Waals surface area (Å²) >= 11 is 0. The highest BCUT2D eigenvalue weighted by molar-refractivity contribution is 5.95. The zero-order valence-corrected chi connectivity index (χ0v) is 22.3. The highest BCUT2D eigenvalue weighted by Crippen LogP contribution is 2.44. The first-order chi connectivity index (χ1) is 19.5. The zero-order valence-electron chi connectivity index (χ0n) is 22.3. The lowest BCUT2D eigenvalue weighted by Crippen LogP contribution is -2.34. The van der Waals surface area contributed by atoms with Gasteiger partial charge in [-0.3, -0.25) is 0 Å². The SMILES string of the molecule is CCOC(=O)C1=C(C)Nc2c(c3nnc(-c4cccc(OC)c4)n3c(=O)n2-c2ccccc2)C1c1ccccc1. The average molecular weight is 534 g/mol. The van der Waals surface area contributed by atoms with Crippen molar-refractivity contribution in [1.29, 1.82) is 0 Å². The third kappa shape index (κ3) is 4.03. The molecule has 9 nitrogen and oxygen atoms in total. The zero-order chi connectivity index (χ0) is 27.8. The number of fused-ring (bicyclic) bond motifs is 3. The van der Waals surface area contributed by atoms with Crippen LogP contribution in [0.3, 0.4) is 0 Å². The Morgan fingerprint density at radius 2 is 1.70 bits per heavy atom. The Morgan fingerprint density at radius 1 is 0.975 bits per heavy atom. The fraction of sp³-hybridized carbons (Fsp3) is 0.161. The lowest BCUT2D eigenvalue weighted by molar-refractivity contribution is -0.138. The Kier molecular flexibility index (Phi) is 6.39. The molecule has 3 heterocycles. The van der Waals surface area contributed by atoms with Gasteiger partial charge in [-0.2, -0.15) is 0 Å². The number of benzene rings is 3. The van der Waals surface area contributed by atoms with Crippen molar-refractivity contribution in [3.8, 4) is 22.8 Å². The van der Waals surface area contributed by atoms with Gasteiger partial charge in [0.25, 0.3) is 0 Å². The molecule has 9 heteroatoms. The molecule has 1 N–H and O–H groups in total. The van der Waals surface area contributed by atoms with E-state index in [1.807, 2.05) is 91.9 Å². The molecule has 1 aliphatic heterocycles. The molecule has 0 spiro atoms. The maximum atomic E-state index is 14.3. The summed E-state index contributed by atoms with van der Waals surface area (Å²) in [6, 6.07) is 26.4. The summed E-state index contributed by atoms with van der Waals surface area (Å²) in [6.45, 7) is 3.83. The number of nitrogens with zero attached hydrogens (tertiary/aromatic N) is 4. The van der Waals surface area contributed by atoms with E-state index in [9.17, 15) is 9.59 Å². The highest BCUT2D eigenvalue weighted by atomic mass is 16.5. The number of anilines is 1. The molecular formula is C31H27N5O4. The normalized spacial score (nSPS) is 14.5. The van der Waals surface area contributed by atoms with Crippen LogP contribution in [0.2, 0.25) is 0 Å². The minimum absolute atomic E-state index is 0.230. The van der Waals surface area contributed by atoms with E-state index in [1.54, 1.807) is 18.6 Å². The number of aromatic nitrogens is 4. The van der Waals surface area contributed by atoms with E-state index in [1.165, 1.54) is 4.40 Å². The predicted molar refractivity (Wildman–Crippen MR) is 152 cm³/mol. The minimum Gasteiger partial charge on any atom is -0.497 e. The third-order valence-electron chi connectivity index (χ3n) is 7.02. The highest BCUT2D eigenvalue weighted by Gasteiger charge is 2.38. The van der Waals surface area contributed by atoms with Gasteiger partial charge in [0.1, 0.15) is 11.6 Å². The number of para-hydroxylation sites is 1. The van der Waals surface area contributed by atoms with Crippen LogP contribution < -0.4 is 15.7 Å². The number of carbonyl (C=O) groups excluding carboxylic acids is 1. The van der Waals surface area contributed by atoms with Gasteiger partial charge in [0.15, 0.2) is 11.5 Å². The summed E-state index contributed by atoms with van der Waals surface area (Å²) in [5.74, 6) is 0.504. The number of hydrogen-bond donors (Lipinski definition) is 1. The van der Waals surface area contributed by atoms with Crippen LogP contribution in [-0.2, 0) is 9.53 Å². The smallest absolute Gasteiger partial charge is 0.341 e. The quantitative estimate of drug-likeness (QED) is 0.308. The van der Waals surface area contributed by atoms with Gasteiger partial charge in [0, 0.05) is 11.3 Å². The molecule has 1 atom stereocenters. The maximum Gasteiger partial charge on any atom is 0.341 e. The molecule has 0 amide bonds. The molecule has 1 unspecified atom stereocenters. The first-order valence-electron chi connectivity index (χ1n) is 13.0. The van der Waals surface area contributed by atoms with Gasteiger partial charge in [0.05, 0.1) is 36.5 Å². The molecule has 6 rings (SSSR count). The monoisotopic (exact) mass is 533 g/mol. The summed E-state index contributed by atoms with van der Waals surface area (Å²) in [5.41, 5.74) is 3.87. The van der Waals surface area contributed by atoms with E-state index in [-0.39, 0.29) is 12.3 Å². The Balaban J connectivity index is 1.75. The van der Waals surface area contributed by atoms with Gasteiger partial charge in [-0.15, -0.1) is 10.2 Å². The molecule has 0 radical (unpaired) electrons. The van der Waals surface area contributed by atoms with Crippen LogP contribution in [-0.4, -0.2) is 38.9 Å². The topological polar surface area (TPSA) is 99.8 Å². The second-order valence-electron chi connectivity index (χ2n) is 9.36. The van der Waals surface area contributed by atoms with Crippen LogP contribution in [0.15, 0.2) is 101 Å². The molecule has 5 aromatic rings. The number of carbonyl (C=O) groups is 1. The van der Waals surface area contributed by atoms with Crippen LogP contribution in [0.4, 0.5) is 5.82 Å². The molecular weight excluding hydrogens is 506 g/mol. The first-order valence-corrected chi connectivity index (χ1v) is 13.0. The fourth-order valence-corrected chi connectivity index (χ4v) is 5.28. The van der Waals surface area contributed by atoms with Crippen molar-refractivity contribution in [3.05, 3.63) is 118 Å². The van der Waals surface area contributed by atoms with Gasteiger partial charge >= 0.3 is 11.7 Å². The predicted octanol–water partition coefficient (Wildman–Crippen LogP) is 4.95. The summed E-state index contributed by atoms with van der Waals surface area (Å²) < 4.78 is 14.0. The van der Waals surface area contributed by atoms with E-state index in [0.29, 0.717) is 51.1 Å². The van der Waals surface area contributed by atoms with Gasteiger partial charge in [-0.05, 0) is 43.7 Å². The molecule has 0 fully saturated rings. The standard InChI is InChI=1S/C31H27N5O4/c1-4-40-30(37)24-19(2)32-28-26(25(24)20-12-7-5-8-13-20)29-34-33-27(21-14-11-17-23(18-21)39-3)36(29)31(38)35(28)22-15-9-6-10-16-22/h5-18,25,32H,4H2,1-3H3. The van der Waals surface area contributed by atoms with Gasteiger partial charge < -0.3 is 14.8 Å².